The van der Waals surface area contributed by atoms with Crippen LogP contribution in [0.2, 0.25) is 0 Å². The number of aryl methyl sites for hydroxylation is 1. The summed E-state index contributed by atoms with van der Waals surface area (Å²) >= 11 is 0. The number of hydrogen-bond donors (Lipinski definition) is 2. The first kappa shape index (κ1) is 16.1. The molecule has 1 aromatic heterocycles. The van der Waals surface area contributed by atoms with E-state index in [1.54, 1.807) is 6.92 Å². The molecule has 0 spiro atoms. The Morgan fingerprint density at radius 3 is 2.50 bits per heavy atom. The largest absolute Gasteiger partial charge is 0.478 e. The summed E-state index contributed by atoms with van der Waals surface area (Å²) in [6, 6.07) is 5.04. The number of nitrogens with zero attached hydrogens (tertiary/aromatic N) is 1. The van der Waals surface area contributed by atoms with E-state index in [4.69, 9.17) is 10.2 Å². The smallest absolute Gasteiger partial charge is 0.417 e. The van der Waals surface area contributed by atoms with E-state index in [1.165, 1.54) is 29.0 Å². The van der Waals surface area contributed by atoms with Crippen molar-refractivity contribution in [1.29, 1.82) is 0 Å². The van der Waals surface area contributed by atoms with Crippen molar-refractivity contribution in [2.75, 3.05) is 6.61 Å². The molecule has 0 bridgehead atoms. The van der Waals surface area contributed by atoms with E-state index >= 15 is 0 Å². The van der Waals surface area contributed by atoms with Gasteiger partial charge in [-0.1, -0.05) is 17.7 Å². The fourth-order valence-electron chi connectivity index (χ4n) is 2.26. The molecular formula is C15H14F3NO3. The molecule has 0 aliphatic carbocycles. The summed E-state index contributed by atoms with van der Waals surface area (Å²) in [5, 5.41) is 18.0. The van der Waals surface area contributed by atoms with Gasteiger partial charge in [0.05, 0.1) is 17.7 Å². The van der Waals surface area contributed by atoms with Crippen molar-refractivity contribution in [1.82, 2.24) is 4.57 Å². The van der Waals surface area contributed by atoms with E-state index in [0.29, 0.717) is 5.56 Å². The maximum absolute atomic E-state index is 13.2. The van der Waals surface area contributed by atoms with Crippen molar-refractivity contribution in [3.63, 3.8) is 0 Å². The highest BCUT2D eigenvalue weighted by Gasteiger charge is 2.34. The Morgan fingerprint density at radius 1 is 1.27 bits per heavy atom. The number of hydrogen-bond acceptors (Lipinski definition) is 2. The summed E-state index contributed by atoms with van der Waals surface area (Å²) in [6.45, 7) is 1.25. The summed E-state index contributed by atoms with van der Waals surface area (Å²) in [4.78, 5) is 11.0. The summed E-state index contributed by atoms with van der Waals surface area (Å²) in [5.74, 6) is -1.24. The van der Waals surface area contributed by atoms with Crippen molar-refractivity contribution in [2.24, 2.45) is 0 Å². The van der Waals surface area contributed by atoms with E-state index < -0.39 is 17.7 Å². The minimum atomic E-state index is -4.56. The molecule has 1 aromatic carbocycles. The average molecular weight is 313 g/mol. The first-order chi connectivity index (χ1) is 10.2. The quantitative estimate of drug-likeness (QED) is 0.911. The highest BCUT2D eigenvalue weighted by molar-refractivity contribution is 5.89. The summed E-state index contributed by atoms with van der Waals surface area (Å²) in [5.41, 5.74) is -0.508. The predicted molar refractivity (Wildman–Crippen MR) is 73.7 cm³/mol. The molecule has 0 radical (unpaired) electrons. The van der Waals surface area contributed by atoms with Gasteiger partial charge in [0.2, 0.25) is 0 Å². The first-order valence-electron chi connectivity index (χ1n) is 6.46. The number of carbonyl (C=O) groups is 1. The second kappa shape index (κ2) is 5.84. The Balaban J connectivity index is 2.68. The maximum atomic E-state index is 13.2. The van der Waals surface area contributed by atoms with Crippen LogP contribution < -0.4 is 0 Å². The lowest BCUT2D eigenvalue weighted by Crippen LogP contribution is -2.10. The molecule has 0 atom stereocenters. The van der Waals surface area contributed by atoms with Gasteiger partial charge in [0.25, 0.3) is 0 Å². The summed E-state index contributed by atoms with van der Waals surface area (Å²) in [6.07, 6.45) is -3.34. The topological polar surface area (TPSA) is 62.5 Å². The maximum Gasteiger partial charge on any atom is 0.417 e. The van der Waals surface area contributed by atoms with Gasteiger partial charge in [-0.15, -0.1) is 0 Å². The zero-order valence-corrected chi connectivity index (χ0v) is 11.7. The number of benzene rings is 1. The van der Waals surface area contributed by atoms with Crippen molar-refractivity contribution in [2.45, 2.75) is 19.6 Å². The Hall–Kier alpha value is -2.28. The van der Waals surface area contributed by atoms with Crippen LogP contribution in [0.3, 0.4) is 0 Å². The minimum absolute atomic E-state index is 0.00773. The Kier molecular flexibility index (Phi) is 4.27. The van der Waals surface area contributed by atoms with Gasteiger partial charge in [0.15, 0.2) is 0 Å². The van der Waals surface area contributed by atoms with Gasteiger partial charge in [-0.3, -0.25) is 0 Å². The van der Waals surface area contributed by atoms with E-state index in [1.807, 2.05) is 0 Å². The van der Waals surface area contributed by atoms with Crippen LogP contribution in [-0.2, 0) is 12.7 Å². The van der Waals surface area contributed by atoms with Gasteiger partial charge in [0, 0.05) is 24.0 Å². The van der Waals surface area contributed by atoms with Gasteiger partial charge in [-0.25, -0.2) is 4.79 Å². The highest BCUT2D eigenvalue weighted by Crippen LogP contribution is 2.38. The third-order valence-corrected chi connectivity index (χ3v) is 3.24. The number of carboxylic acids is 1. The molecule has 0 unspecified atom stereocenters. The molecule has 0 fully saturated rings. The first-order valence-corrected chi connectivity index (χ1v) is 6.46. The lowest BCUT2D eigenvalue weighted by Gasteiger charge is -2.15. The molecule has 0 saturated carbocycles. The van der Waals surface area contributed by atoms with Crippen molar-refractivity contribution >= 4 is 5.97 Å². The molecule has 0 saturated heterocycles. The van der Waals surface area contributed by atoms with Crippen LogP contribution in [0.15, 0.2) is 30.5 Å². The summed E-state index contributed by atoms with van der Waals surface area (Å²) in [7, 11) is 0. The predicted octanol–water partition coefficient (Wildman–Crippen LogP) is 3.17. The van der Waals surface area contributed by atoms with E-state index in [2.05, 4.69) is 0 Å². The molecule has 22 heavy (non-hydrogen) atoms. The Labute approximate surface area is 124 Å². The number of aromatic carboxylic acids is 1. The van der Waals surface area contributed by atoms with Crippen molar-refractivity contribution in [3.8, 4) is 11.3 Å². The molecule has 2 rings (SSSR count). The van der Waals surface area contributed by atoms with Crippen LogP contribution in [0.4, 0.5) is 13.2 Å². The van der Waals surface area contributed by atoms with Crippen molar-refractivity contribution < 1.29 is 28.2 Å². The fraction of sp³-hybridized carbons (Fsp3) is 0.267. The molecule has 4 nitrogen and oxygen atoms in total. The molecular weight excluding hydrogens is 299 g/mol. The van der Waals surface area contributed by atoms with E-state index in [9.17, 15) is 18.0 Å². The zero-order valence-electron chi connectivity index (χ0n) is 11.7. The SMILES string of the molecule is Cc1ccc(-c2cc(C(=O)O)cn2CCO)c(C(F)(F)F)c1. The van der Waals surface area contributed by atoms with Crippen LogP contribution in [0.5, 0.6) is 0 Å². The fourth-order valence-corrected chi connectivity index (χ4v) is 2.26. The van der Waals surface area contributed by atoms with Crippen LogP contribution >= 0.6 is 0 Å². The van der Waals surface area contributed by atoms with Gasteiger partial charge < -0.3 is 14.8 Å². The summed E-state index contributed by atoms with van der Waals surface area (Å²) < 4.78 is 41.0. The third-order valence-electron chi connectivity index (χ3n) is 3.24. The number of halogens is 3. The number of rotatable bonds is 4. The Bertz CT molecular complexity index is 705. The molecule has 7 heteroatoms. The van der Waals surface area contributed by atoms with Gasteiger partial charge in [-0.2, -0.15) is 13.2 Å². The molecule has 2 N–H and O–H groups in total. The molecule has 0 amide bonds. The Morgan fingerprint density at radius 2 is 1.95 bits per heavy atom. The van der Waals surface area contributed by atoms with Crippen molar-refractivity contribution in [3.05, 3.63) is 47.2 Å². The highest BCUT2D eigenvalue weighted by atomic mass is 19.4. The number of alkyl halides is 3. The van der Waals surface area contributed by atoms with Gasteiger partial charge in [-0.05, 0) is 19.1 Å². The van der Waals surface area contributed by atoms with Crippen LogP contribution in [-0.4, -0.2) is 27.4 Å². The second-order valence-corrected chi connectivity index (χ2v) is 4.88. The monoisotopic (exact) mass is 313 g/mol. The molecule has 0 aliphatic heterocycles. The van der Waals surface area contributed by atoms with Crippen LogP contribution in [0.1, 0.15) is 21.5 Å². The number of carboxylic acid groups (broad SMARTS) is 1. The third kappa shape index (κ3) is 3.14. The van der Waals surface area contributed by atoms with Crippen LogP contribution in [0.25, 0.3) is 11.3 Å². The molecule has 1 heterocycles. The molecule has 2 aromatic rings. The number of aliphatic hydroxyl groups excluding tert-OH is 1. The number of aromatic nitrogens is 1. The van der Waals surface area contributed by atoms with E-state index in [-0.39, 0.29) is 30.0 Å². The van der Waals surface area contributed by atoms with Gasteiger partial charge >= 0.3 is 12.1 Å². The molecule has 118 valence electrons. The lowest BCUT2D eigenvalue weighted by atomic mass is 10.0. The molecule has 0 aliphatic rings. The standard InChI is InChI=1S/C15H14F3NO3/c1-9-2-3-11(12(6-9)15(16,17)18)13-7-10(14(21)22)8-19(13)4-5-20/h2-3,6-8,20H,4-5H2,1H3,(H,21,22). The van der Waals surface area contributed by atoms with Gasteiger partial charge in [0.1, 0.15) is 0 Å². The minimum Gasteiger partial charge on any atom is -0.478 e. The normalized spacial score (nSPS) is 11.7. The lowest BCUT2D eigenvalue weighted by molar-refractivity contribution is -0.137. The second-order valence-electron chi connectivity index (χ2n) is 4.88. The zero-order chi connectivity index (χ0) is 16.5. The average Bonchev–Trinajstić information content (AvgIpc) is 2.82. The number of aliphatic hydroxyl groups is 1. The van der Waals surface area contributed by atoms with Crippen LogP contribution in [0, 0.1) is 6.92 Å². The van der Waals surface area contributed by atoms with E-state index in [0.717, 1.165) is 6.07 Å².